The lowest BCUT2D eigenvalue weighted by Crippen LogP contribution is -2.22. The second kappa shape index (κ2) is 6.02. The van der Waals surface area contributed by atoms with E-state index >= 15 is 0 Å². The second-order valence-electron chi connectivity index (χ2n) is 4.05. The Kier molecular flexibility index (Phi) is 4.38. The SMILES string of the molecule is O=C(O)CSc1n[nH]c(CCN2CCCC2)n1. The first-order chi connectivity index (χ1) is 8.24. The zero-order valence-electron chi connectivity index (χ0n) is 9.56. The summed E-state index contributed by atoms with van der Waals surface area (Å²) < 4.78 is 0. The number of rotatable bonds is 6. The number of nitrogens with one attached hydrogen (secondary N) is 1. The van der Waals surface area contributed by atoms with Gasteiger partial charge in [-0.25, -0.2) is 4.98 Å². The first-order valence-corrected chi connectivity index (χ1v) is 6.71. The van der Waals surface area contributed by atoms with Gasteiger partial charge in [-0.05, 0) is 25.9 Å². The smallest absolute Gasteiger partial charge is 0.313 e. The van der Waals surface area contributed by atoms with Crippen LogP contribution >= 0.6 is 11.8 Å². The van der Waals surface area contributed by atoms with Gasteiger partial charge in [0.05, 0.1) is 5.75 Å². The van der Waals surface area contributed by atoms with E-state index in [1.165, 1.54) is 25.9 Å². The second-order valence-corrected chi connectivity index (χ2v) is 4.99. The van der Waals surface area contributed by atoms with Crippen molar-refractivity contribution in [2.24, 2.45) is 0 Å². The highest BCUT2D eigenvalue weighted by molar-refractivity contribution is 7.99. The fourth-order valence-corrected chi connectivity index (χ4v) is 2.39. The average molecular weight is 256 g/mol. The first kappa shape index (κ1) is 12.4. The number of hydrogen-bond donors (Lipinski definition) is 2. The third-order valence-electron chi connectivity index (χ3n) is 2.70. The van der Waals surface area contributed by atoms with Crippen molar-refractivity contribution < 1.29 is 9.90 Å². The highest BCUT2D eigenvalue weighted by Gasteiger charge is 2.12. The summed E-state index contributed by atoms with van der Waals surface area (Å²) in [5.74, 6) is -0.00753. The minimum absolute atomic E-state index is 0.00339. The van der Waals surface area contributed by atoms with E-state index in [0.717, 1.165) is 30.6 Å². The molecular formula is C10H16N4O2S. The van der Waals surface area contributed by atoms with Gasteiger partial charge in [-0.2, -0.15) is 0 Å². The molecule has 0 unspecified atom stereocenters. The van der Waals surface area contributed by atoms with E-state index < -0.39 is 5.97 Å². The molecule has 0 saturated carbocycles. The Hall–Kier alpha value is -1.08. The summed E-state index contributed by atoms with van der Waals surface area (Å²) in [5.41, 5.74) is 0. The molecule has 94 valence electrons. The van der Waals surface area contributed by atoms with Crippen LogP contribution in [0.15, 0.2) is 5.16 Å². The van der Waals surface area contributed by atoms with Crippen molar-refractivity contribution in [1.82, 2.24) is 20.1 Å². The van der Waals surface area contributed by atoms with E-state index in [-0.39, 0.29) is 5.75 Å². The minimum atomic E-state index is -0.849. The molecule has 1 aliphatic rings. The topological polar surface area (TPSA) is 82.1 Å². The summed E-state index contributed by atoms with van der Waals surface area (Å²) in [6.45, 7) is 3.35. The zero-order valence-corrected chi connectivity index (χ0v) is 10.4. The van der Waals surface area contributed by atoms with E-state index in [1.807, 2.05) is 0 Å². The standard InChI is InChI=1S/C10H16N4O2S/c15-9(16)7-17-10-11-8(12-13-10)3-6-14-4-1-2-5-14/h1-7H2,(H,15,16)(H,11,12,13). The van der Waals surface area contributed by atoms with E-state index in [1.54, 1.807) is 0 Å². The summed E-state index contributed by atoms with van der Waals surface area (Å²) >= 11 is 1.14. The maximum atomic E-state index is 10.4. The van der Waals surface area contributed by atoms with Gasteiger partial charge in [0.1, 0.15) is 5.82 Å². The number of H-pyrrole nitrogens is 1. The van der Waals surface area contributed by atoms with E-state index in [2.05, 4.69) is 20.1 Å². The zero-order chi connectivity index (χ0) is 12.1. The molecule has 0 radical (unpaired) electrons. The molecule has 0 bridgehead atoms. The monoisotopic (exact) mass is 256 g/mol. The van der Waals surface area contributed by atoms with Gasteiger partial charge in [-0.3, -0.25) is 9.89 Å². The Morgan fingerprint density at radius 3 is 2.94 bits per heavy atom. The molecule has 2 N–H and O–H groups in total. The summed E-state index contributed by atoms with van der Waals surface area (Å²) in [6.07, 6.45) is 3.42. The normalized spacial score (nSPS) is 16.5. The van der Waals surface area contributed by atoms with Gasteiger partial charge in [0, 0.05) is 13.0 Å². The lowest BCUT2D eigenvalue weighted by atomic mass is 10.4. The van der Waals surface area contributed by atoms with E-state index in [4.69, 9.17) is 5.11 Å². The Morgan fingerprint density at radius 2 is 2.24 bits per heavy atom. The molecule has 0 aliphatic carbocycles. The molecule has 1 aromatic rings. The molecule has 1 saturated heterocycles. The first-order valence-electron chi connectivity index (χ1n) is 5.72. The Morgan fingerprint density at radius 1 is 1.47 bits per heavy atom. The number of carbonyl (C=O) groups is 1. The number of aromatic nitrogens is 3. The van der Waals surface area contributed by atoms with Gasteiger partial charge in [0.15, 0.2) is 0 Å². The molecule has 0 amide bonds. The van der Waals surface area contributed by atoms with Crippen LogP contribution in [-0.2, 0) is 11.2 Å². The highest BCUT2D eigenvalue weighted by atomic mass is 32.2. The molecule has 2 rings (SSSR count). The largest absolute Gasteiger partial charge is 0.481 e. The minimum Gasteiger partial charge on any atom is -0.481 e. The molecule has 2 heterocycles. The molecular weight excluding hydrogens is 240 g/mol. The van der Waals surface area contributed by atoms with E-state index in [0.29, 0.717) is 5.16 Å². The quantitative estimate of drug-likeness (QED) is 0.726. The van der Waals surface area contributed by atoms with Crippen molar-refractivity contribution in [1.29, 1.82) is 0 Å². The predicted octanol–water partition coefficient (Wildman–Crippen LogP) is 0.620. The van der Waals surface area contributed by atoms with Crippen molar-refractivity contribution in [3.8, 4) is 0 Å². The van der Waals surface area contributed by atoms with Crippen LogP contribution < -0.4 is 0 Å². The van der Waals surface area contributed by atoms with Crippen molar-refractivity contribution >= 4 is 17.7 Å². The maximum absolute atomic E-state index is 10.4. The third-order valence-corrected chi connectivity index (χ3v) is 3.53. The van der Waals surface area contributed by atoms with Crippen LogP contribution in [0.25, 0.3) is 0 Å². The van der Waals surface area contributed by atoms with Crippen LogP contribution in [-0.4, -0.2) is 56.5 Å². The van der Waals surface area contributed by atoms with Gasteiger partial charge in [-0.15, -0.1) is 5.10 Å². The lowest BCUT2D eigenvalue weighted by Gasteiger charge is -2.12. The van der Waals surface area contributed by atoms with Gasteiger partial charge in [0.2, 0.25) is 5.16 Å². The van der Waals surface area contributed by atoms with Crippen LogP contribution in [0.1, 0.15) is 18.7 Å². The lowest BCUT2D eigenvalue weighted by molar-refractivity contribution is -0.133. The fourth-order valence-electron chi connectivity index (χ4n) is 1.85. The molecule has 1 aromatic heterocycles. The van der Waals surface area contributed by atoms with Crippen molar-refractivity contribution in [2.75, 3.05) is 25.4 Å². The Balaban J connectivity index is 1.75. The predicted molar refractivity (Wildman–Crippen MR) is 64.1 cm³/mol. The molecule has 6 nitrogen and oxygen atoms in total. The number of likely N-dealkylation sites (tertiary alicyclic amines) is 1. The summed E-state index contributed by atoms with van der Waals surface area (Å²) in [4.78, 5) is 17.0. The van der Waals surface area contributed by atoms with Gasteiger partial charge >= 0.3 is 5.97 Å². The summed E-state index contributed by atoms with van der Waals surface area (Å²) in [7, 11) is 0. The third kappa shape index (κ3) is 4.01. The molecule has 1 fully saturated rings. The van der Waals surface area contributed by atoms with Crippen molar-refractivity contribution in [2.45, 2.75) is 24.4 Å². The summed E-state index contributed by atoms with van der Waals surface area (Å²) in [6, 6.07) is 0. The number of carboxylic acid groups (broad SMARTS) is 1. The number of nitrogens with zero attached hydrogens (tertiary/aromatic N) is 3. The fraction of sp³-hybridized carbons (Fsp3) is 0.700. The average Bonchev–Trinajstić information content (AvgIpc) is 2.95. The molecule has 7 heteroatoms. The van der Waals surface area contributed by atoms with Crippen LogP contribution in [0, 0.1) is 0 Å². The number of aliphatic carboxylic acids is 1. The molecule has 1 aliphatic heterocycles. The van der Waals surface area contributed by atoms with E-state index in [9.17, 15) is 4.79 Å². The van der Waals surface area contributed by atoms with Gasteiger partial charge in [0.25, 0.3) is 0 Å². The highest BCUT2D eigenvalue weighted by Crippen LogP contribution is 2.12. The van der Waals surface area contributed by atoms with Gasteiger partial charge < -0.3 is 10.0 Å². The Bertz CT molecular complexity index is 376. The van der Waals surface area contributed by atoms with Crippen LogP contribution in [0.2, 0.25) is 0 Å². The molecule has 0 spiro atoms. The number of hydrogen-bond acceptors (Lipinski definition) is 5. The molecule has 17 heavy (non-hydrogen) atoms. The molecule has 0 atom stereocenters. The van der Waals surface area contributed by atoms with Crippen LogP contribution in [0.4, 0.5) is 0 Å². The number of thioether (sulfide) groups is 1. The molecule has 0 aromatic carbocycles. The van der Waals surface area contributed by atoms with Crippen LogP contribution in [0.3, 0.4) is 0 Å². The Labute approximate surface area is 104 Å². The summed E-state index contributed by atoms with van der Waals surface area (Å²) in [5, 5.41) is 15.9. The maximum Gasteiger partial charge on any atom is 0.313 e. The number of carboxylic acids is 1. The van der Waals surface area contributed by atoms with Crippen molar-refractivity contribution in [3.63, 3.8) is 0 Å². The van der Waals surface area contributed by atoms with Crippen LogP contribution in [0.5, 0.6) is 0 Å². The van der Waals surface area contributed by atoms with Gasteiger partial charge in [-0.1, -0.05) is 11.8 Å². The number of aromatic amines is 1. The van der Waals surface area contributed by atoms with Crippen molar-refractivity contribution in [3.05, 3.63) is 5.82 Å².